The number of rotatable bonds is 10. The Morgan fingerprint density at radius 1 is 1.10 bits per heavy atom. The zero-order chi connectivity index (χ0) is 22.1. The highest BCUT2D eigenvalue weighted by molar-refractivity contribution is 7.99. The molecule has 31 heavy (non-hydrogen) atoms. The predicted molar refractivity (Wildman–Crippen MR) is 128 cm³/mol. The van der Waals surface area contributed by atoms with E-state index in [2.05, 4.69) is 24.0 Å². The van der Waals surface area contributed by atoms with Crippen LogP contribution in [0.1, 0.15) is 37.8 Å². The Labute approximate surface area is 191 Å². The molecule has 0 fully saturated rings. The average molecular weight is 457 g/mol. The molecule has 7 heteroatoms. The molecule has 0 saturated carbocycles. The molecule has 0 saturated heterocycles. The van der Waals surface area contributed by atoms with Crippen LogP contribution in [-0.2, 0) is 33.0 Å². The lowest BCUT2D eigenvalue weighted by Gasteiger charge is -2.06. The van der Waals surface area contributed by atoms with Crippen LogP contribution >= 0.6 is 23.1 Å². The van der Waals surface area contributed by atoms with Crippen molar-refractivity contribution in [2.75, 3.05) is 12.4 Å². The topological polar surface area (TPSA) is 60.7 Å². The van der Waals surface area contributed by atoms with Crippen molar-refractivity contribution in [1.82, 2.24) is 4.57 Å². The summed E-state index contributed by atoms with van der Waals surface area (Å²) in [5, 5.41) is 0. The molecule has 1 aromatic heterocycles. The quantitative estimate of drug-likeness (QED) is 0.404. The number of thioether (sulfide) groups is 1. The molecule has 0 bridgehead atoms. The summed E-state index contributed by atoms with van der Waals surface area (Å²) < 4.78 is 7.95. The number of unbranched alkanes of at least 4 members (excludes halogenated alkanes) is 1. The molecule has 0 spiro atoms. The summed E-state index contributed by atoms with van der Waals surface area (Å²) >= 11 is 2.99. The minimum Gasteiger partial charge on any atom is -0.465 e. The molecule has 1 amide bonds. The van der Waals surface area contributed by atoms with E-state index in [0.29, 0.717) is 17.2 Å². The van der Waals surface area contributed by atoms with Crippen molar-refractivity contribution in [1.29, 1.82) is 0 Å². The number of esters is 1. The van der Waals surface area contributed by atoms with Gasteiger partial charge in [0.05, 0.1) is 22.6 Å². The first-order chi connectivity index (χ1) is 15.1. The number of carbonyl (C=O) groups is 2. The zero-order valence-electron chi connectivity index (χ0n) is 18.0. The Morgan fingerprint density at radius 3 is 2.65 bits per heavy atom. The molecule has 0 aliphatic rings. The molecule has 1 heterocycles. The van der Waals surface area contributed by atoms with Crippen LogP contribution < -0.4 is 4.80 Å². The molecule has 0 aliphatic heterocycles. The van der Waals surface area contributed by atoms with Gasteiger partial charge >= 0.3 is 5.97 Å². The number of aromatic nitrogens is 1. The molecule has 2 aromatic carbocycles. The first-order valence-corrected chi connectivity index (χ1v) is 12.5. The van der Waals surface area contributed by atoms with Crippen LogP contribution in [0.3, 0.4) is 0 Å². The van der Waals surface area contributed by atoms with Crippen LogP contribution in [0.25, 0.3) is 10.2 Å². The molecular weight excluding hydrogens is 428 g/mol. The van der Waals surface area contributed by atoms with Crippen molar-refractivity contribution in [3.05, 3.63) is 64.5 Å². The summed E-state index contributed by atoms with van der Waals surface area (Å²) in [6.07, 6.45) is 3.29. The SMILES string of the molecule is CCCCc1ccc2c(c1)sc(=NC(=O)CSCc1ccccc1)n2CC(=O)OCC. The molecule has 0 N–H and O–H groups in total. The number of aryl methyl sites for hydroxylation is 1. The summed E-state index contributed by atoms with van der Waals surface area (Å²) in [4.78, 5) is 29.6. The third-order valence-corrected chi connectivity index (χ3v) is 6.75. The number of amides is 1. The zero-order valence-corrected chi connectivity index (χ0v) is 19.6. The van der Waals surface area contributed by atoms with E-state index in [0.717, 1.165) is 35.2 Å². The second-order valence-corrected chi connectivity index (χ2v) is 9.16. The Morgan fingerprint density at radius 2 is 1.90 bits per heavy atom. The Kier molecular flexibility index (Phi) is 8.91. The van der Waals surface area contributed by atoms with E-state index in [1.807, 2.05) is 36.4 Å². The van der Waals surface area contributed by atoms with Gasteiger partial charge in [0.1, 0.15) is 6.54 Å². The lowest BCUT2D eigenvalue weighted by Crippen LogP contribution is -2.23. The number of thiazole rings is 1. The van der Waals surface area contributed by atoms with Gasteiger partial charge in [0, 0.05) is 5.75 Å². The molecule has 164 valence electrons. The van der Waals surface area contributed by atoms with Gasteiger partial charge < -0.3 is 9.30 Å². The molecule has 0 aliphatic carbocycles. The van der Waals surface area contributed by atoms with E-state index in [9.17, 15) is 9.59 Å². The maximum absolute atomic E-state index is 12.5. The fourth-order valence-corrected chi connectivity index (χ4v) is 5.08. The minimum atomic E-state index is -0.329. The molecule has 0 unspecified atom stereocenters. The van der Waals surface area contributed by atoms with Crippen LogP contribution in [0.15, 0.2) is 53.5 Å². The number of carbonyl (C=O) groups excluding carboxylic acids is 2. The van der Waals surface area contributed by atoms with E-state index in [4.69, 9.17) is 4.74 Å². The highest BCUT2D eigenvalue weighted by Gasteiger charge is 2.13. The van der Waals surface area contributed by atoms with E-state index in [1.54, 1.807) is 23.3 Å². The van der Waals surface area contributed by atoms with Gasteiger partial charge in [-0.05, 0) is 43.0 Å². The lowest BCUT2D eigenvalue weighted by atomic mass is 10.1. The van der Waals surface area contributed by atoms with E-state index in [-0.39, 0.29) is 18.4 Å². The number of benzene rings is 2. The number of nitrogens with zero attached hydrogens (tertiary/aromatic N) is 2. The van der Waals surface area contributed by atoms with Crippen molar-refractivity contribution in [3.8, 4) is 0 Å². The second kappa shape index (κ2) is 11.9. The number of ether oxygens (including phenoxy) is 1. The summed E-state index contributed by atoms with van der Waals surface area (Å²) in [6.45, 7) is 4.33. The van der Waals surface area contributed by atoms with E-state index < -0.39 is 0 Å². The van der Waals surface area contributed by atoms with Crippen LogP contribution in [0.2, 0.25) is 0 Å². The highest BCUT2D eigenvalue weighted by Crippen LogP contribution is 2.21. The van der Waals surface area contributed by atoms with Gasteiger partial charge in [-0.1, -0.05) is 61.1 Å². The lowest BCUT2D eigenvalue weighted by molar-refractivity contribution is -0.143. The Hall–Kier alpha value is -2.38. The standard InChI is InChI=1S/C24H28N2O3S2/c1-3-5-9-18-12-13-20-21(14-18)31-24(26(20)15-23(28)29-4-2)25-22(27)17-30-16-19-10-7-6-8-11-19/h6-8,10-14H,3-5,9,15-17H2,1-2H3. The number of fused-ring (bicyclic) bond motifs is 1. The van der Waals surface area contributed by atoms with Gasteiger partial charge in [0.25, 0.3) is 5.91 Å². The number of hydrogen-bond acceptors (Lipinski definition) is 5. The summed E-state index contributed by atoms with van der Waals surface area (Å²) in [6, 6.07) is 16.3. The third kappa shape index (κ3) is 6.80. The molecule has 3 aromatic rings. The second-order valence-electron chi connectivity index (χ2n) is 7.17. The molecule has 0 radical (unpaired) electrons. The molecule has 3 rings (SSSR count). The molecule has 5 nitrogen and oxygen atoms in total. The van der Waals surface area contributed by atoms with Crippen molar-refractivity contribution in [2.24, 2.45) is 4.99 Å². The fraction of sp³-hybridized carbons (Fsp3) is 0.375. The third-order valence-electron chi connectivity index (χ3n) is 4.72. The average Bonchev–Trinajstić information content (AvgIpc) is 3.09. The fourth-order valence-electron chi connectivity index (χ4n) is 3.20. The van der Waals surface area contributed by atoms with Gasteiger partial charge in [-0.25, -0.2) is 0 Å². The van der Waals surface area contributed by atoms with Crippen molar-refractivity contribution >= 4 is 45.2 Å². The van der Waals surface area contributed by atoms with Crippen molar-refractivity contribution in [2.45, 2.75) is 45.4 Å². The minimum absolute atomic E-state index is 0.0470. The molecular formula is C24H28N2O3S2. The highest BCUT2D eigenvalue weighted by atomic mass is 32.2. The molecule has 0 atom stereocenters. The van der Waals surface area contributed by atoms with Gasteiger partial charge in [0.15, 0.2) is 4.80 Å². The monoisotopic (exact) mass is 456 g/mol. The van der Waals surface area contributed by atoms with Gasteiger partial charge in [-0.2, -0.15) is 4.99 Å². The van der Waals surface area contributed by atoms with E-state index >= 15 is 0 Å². The van der Waals surface area contributed by atoms with Crippen LogP contribution in [0.5, 0.6) is 0 Å². The smallest absolute Gasteiger partial charge is 0.326 e. The van der Waals surface area contributed by atoms with Crippen LogP contribution in [0.4, 0.5) is 0 Å². The first kappa shape index (κ1) is 23.3. The maximum atomic E-state index is 12.5. The Bertz CT molecular complexity index is 1090. The van der Waals surface area contributed by atoms with Gasteiger partial charge in [-0.3, -0.25) is 9.59 Å². The van der Waals surface area contributed by atoms with Crippen molar-refractivity contribution in [3.63, 3.8) is 0 Å². The van der Waals surface area contributed by atoms with Gasteiger partial charge in [0.2, 0.25) is 0 Å². The largest absolute Gasteiger partial charge is 0.465 e. The van der Waals surface area contributed by atoms with E-state index in [1.165, 1.54) is 22.5 Å². The van der Waals surface area contributed by atoms with Crippen LogP contribution in [-0.4, -0.2) is 28.8 Å². The predicted octanol–water partition coefficient (Wildman–Crippen LogP) is 4.97. The summed E-state index contributed by atoms with van der Waals surface area (Å²) in [5.41, 5.74) is 3.34. The number of hydrogen-bond donors (Lipinski definition) is 0. The van der Waals surface area contributed by atoms with Crippen molar-refractivity contribution < 1.29 is 14.3 Å². The summed E-state index contributed by atoms with van der Waals surface area (Å²) in [7, 11) is 0. The summed E-state index contributed by atoms with van der Waals surface area (Å²) in [5.74, 6) is 0.531. The Balaban J connectivity index is 1.83. The first-order valence-electron chi connectivity index (χ1n) is 10.6. The van der Waals surface area contributed by atoms with Gasteiger partial charge in [-0.15, -0.1) is 11.8 Å². The van der Waals surface area contributed by atoms with Crippen LogP contribution in [0, 0.1) is 0 Å². The normalized spacial score (nSPS) is 11.7. The maximum Gasteiger partial charge on any atom is 0.326 e.